The summed E-state index contributed by atoms with van der Waals surface area (Å²) in [5.41, 5.74) is 3.01. The molecule has 0 unspecified atom stereocenters. The van der Waals surface area contributed by atoms with Gasteiger partial charge in [-0.2, -0.15) is 0 Å². The number of amides is 1. The molecule has 4 rings (SSSR count). The maximum absolute atomic E-state index is 12.4. The Hall–Kier alpha value is -2.70. The van der Waals surface area contributed by atoms with Gasteiger partial charge >= 0.3 is 0 Å². The number of hydrogen-bond acceptors (Lipinski definition) is 4. The van der Waals surface area contributed by atoms with E-state index in [9.17, 15) is 4.79 Å². The minimum Gasteiger partial charge on any atom is -0.346 e. The number of fused-ring (bicyclic) bond motifs is 1. The second-order valence-electron chi connectivity index (χ2n) is 6.53. The summed E-state index contributed by atoms with van der Waals surface area (Å²) in [6, 6.07) is 2.30. The van der Waals surface area contributed by atoms with E-state index in [0.717, 1.165) is 23.4 Å². The highest BCUT2D eigenvalue weighted by Gasteiger charge is 2.20. The van der Waals surface area contributed by atoms with Gasteiger partial charge in [0.25, 0.3) is 5.91 Å². The van der Waals surface area contributed by atoms with Crippen molar-refractivity contribution < 1.29 is 4.79 Å². The Morgan fingerprint density at radius 1 is 1.24 bits per heavy atom. The fourth-order valence-electron chi connectivity index (χ4n) is 3.44. The molecule has 0 spiro atoms. The summed E-state index contributed by atoms with van der Waals surface area (Å²) >= 11 is 0. The second-order valence-corrected chi connectivity index (χ2v) is 6.53. The van der Waals surface area contributed by atoms with Crippen LogP contribution in [-0.2, 0) is 13.1 Å². The van der Waals surface area contributed by atoms with Crippen molar-refractivity contribution in [2.75, 3.05) is 0 Å². The van der Waals surface area contributed by atoms with Crippen LogP contribution in [-0.4, -0.2) is 30.0 Å². The molecule has 130 valence electrons. The Morgan fingerprint density at radius 2 is 2.08 bits per heavy atom. The number of aryl methyl sites for hydroxylation is 1. The van der Waals surface area contributed by atoms with Crippen LogP contribution in [0.3, 0.4) is 0 Å². The highest BCUT2D eigenvalue weighted by molar-refractivity contribution is 5.96. The van der Waals surface area contributed by atoms with Crippen LogP contribution < -0.4 is 5.32 Å². The lowest BCUT2D eigenvalue weighted by atomic mass is 10.2. The highest BCUT2D eigenvalue weighted by Crippen LogP contribution is 2.31. The topological polar surface area (TPSA) is 77.6 Å². The van der Waals surface area contributed by atoms with Crippen LogP contribution in [0.25, 0.3) is 11.2 Å². The molecular formula is C18H22N6O. The van der Waals surface area contributed by atoms with E-state index in [2.05, 4.69) is 31.8 Å². The third-order valence-electron chi connectivity index (χ3n) is 4.88. The van der Waals surface area contributed by atoms with Gasteiger partial charge in [-0.15, -0.1) is 0 Å². The quantitative estimate of drug-likeness (QED) is 0.776. The molecule has 0 saturated heterocycles. The molecule has 0 atom stereocenters. The van der Waals surface area contributed by atoms with Crippen molar-refractivity contribution >= 4 is 17.1 Å². The number of carbonyl (C=O) groups is 1. The molecule has 3 heterocycles. The van der Waals surface area contributed by atoms with Crippen LogP contribution in [0.1, 0.15) is 54.7 Å². The molecular weight excluding hydrogens is 316 g/mol. The summed E-state index contributed by atoms with van der Waals surface area (Å²) < 4.78 is 4.13. The van der Waals surface area contributed by atoms with E-state index in [-0.39, 0.29) is 5.91 Å². The molecule has 7 nitrogen and oxygen atoms in total. The monoisotopic (exact) mass is 338 g/mol. The van der Waals surface area contributed by atoms with Gasteiger partial charge in [-0.25, -0.2) is 15.0 Å². The van der Waals surface area contributed by atoms with Crippen LogP contribution in [0, 0.1) is 0 Å². The molecule has 0 bridgehead atoms. The predicted molar refractivity (Wildman–Crippen MR) is 94.1 cm³/mol. The smallest absolute Gasteiger partial charge is 0.253 e. The average molecular weight is 338 g/mol. The van der Waals surface area contributed by atoms with Crippen molar-refractivity contribution in [1.82, 2.24) is 29.4 Å². The van der Waals surface area contributed by atoms with Gasteiger partial charge in [0.15, 0.2) is 5.65 Å². The number of aromatic nitrogens is 5. The van der Waals surface area contributed by atoms with Gasteiger partial charge < -0.3 is 14.5 Å². The maximum Gasteiger partial charge on any atom is 0.253 e. The Bertz CT molecular complexity index is 890. The average Bonchev–Trinajstić information content (AvgIpc) is 3.38. The Morgan fingerprint density at radius 3 is 2.84 bits per heavy atom. The zero-order valence-electron chi connectivity index (χ0n) is 14.4. The van der Waals surface area contributed by atoms with E-state index in [1.165, 1.54) is 25.7 Å². The Labute approximate surface area is 146 Å². The lowest BCUT2D eigenvalue weighted by Gasteiger charge is -2.11. The molecule has 1 amide bonds. The van der Waals surface area contributed by atoms with E-state index in [1.54, 1.807) is 12.5 Å². The minimum atomic E-state index is -0.157. The molecule has 25 heavy (non-hydrogen) atoms. The number of pyridine rings is 1. The number of carbonyl (C=O) groups excluding carboxylic acids is 1. The number of hydrogen-bond donors (Lipinski definition) is 1. The zero-order chi connectivity index (χ0) is 17.2. The summed E-state index contributed by atoms with van der Waals surface area (Å²) in [5, 5.41) is 2.89. The van der Waals surface area contributed by atoms with Gasteiger partial charge in [-0.3, -0.25) is 4.79 Å². The molecule has 0 radical (unpaired) electrons. The van der Waals surface area contributed by atoms with Crippen molar-refractivity contribution in [3.05, 3.63) is 42.4 Å². The first-order chi connectivity index (χ1) is 12.2. The van der Waals surface area contributed by atoms with Gasteiger partial charge in [-0.05, 0) is 25.8 Å². The first-order valence-corrected chi connectivity index (χ1v) is 8.86. The zero-order valence-corrected chi connectivity index (χ0v) is 14.4. The number of rotatable bonds is 5. The third kappa shape index (κ3) is 3.14. The predicted octanol–water partition coefficient (Wildman–Crippen LogP) is 2.69. The van der Waals surface area contributed by atoms with Crippen LogP contribution in [0.5, 0.6) is 0 Å². The van der Waals surface area contributed by atoms with Gasteiger partial charge in [0.1, 0.15) is 5.52 Å². The molecule has 1 fully saturated rings. The SMILES string of the molecule is CCn1cnc(CNC(=O)c2cnc3c(c2)ncn3C2CCCC2)c1. The van der Waals surface area contributed by atoms with Gasteiger partial charge in [0.05, 0.1) is 30.5 Å². The summed E-state index contributed by atoms with van der Waals surface area (Å²) in [4.78, 5) is 25.6. The van der Waals surface area contributed by atoms with E-state index >= 15 is 0 Å². The lowest BCUT2D eigenvalue weighted by Crippen LogP contribution is -2.23. The lowest BCUT2D eigenvalue weighted by molar-refractivity contribution is 0.0950. The Balaban J connectivity index is 1.48. The normalized spacial score (nSPS) is 15.1. The van der Waals surface area contributed by atoms with Crippen LogP contribution in [0.15, 0.2) is 31.1 Å². The molecule has 0 aliphatic heterocycles. The van der Waals surface area contributed by atoms with Gasteiger partial charge in [-0.1, -0.05) is 12.8 Å². The van der Waals surface area contributed by atoms with E-state index in [4.69, 9.17) is 0 Å². The molecule has 7 heteroatoms. The molecule has 3 aromatic rings. The number of nitrogens with zero attached hydrogens (tertiary/aromatic N) is 5. The van der Waals surface area contributed by atoms with Gasteiger partial charge in [0, 0.05) is 25.0 Å². The fourth-order valence-corrected chi connectivity index (χ4v) is 3.44. The molecule has 1 N–H and O–H groups in total. The van der Waals surface area contributed by atoms with E-state index in [0.29, 0.717) is 18.2 Å². The van der Waals surface area contributed by atoms with Crippen molar-refractivity contribution in [3.63, 3.8) is 0 Å². The second kappa shape index (κ2) is 6.66. The standard InChI is InChI=1S/C18H22N6O/c1-2-23-10-14(21-11-23)9-20-18(25)13-7-16-17(19-8-13)24(12-22-16)15-5-3-4-6-15/h7-8,10-12,15H,2-6,9H2,1H3,(H,20,25). The summed E-state index contributed by atoms with van der Waals surface area (Å²) in [6.07, 6.45) is 12.1. The summed E-state index contributed by atoms with van der Waals surface area (Å²) in [5.74, 6) is -0.157. The number of imidazole rings is 2. The van der Waals surface area contributed by atoms with Crippen LogP contribution in [0.2, 0.25) is 0 Å². The largest absolute Gasteiger partial charge is 0.346 e. The number of nitrogens with one attached hydrogen (secondary N) is 1. The summed E-state index contributed by atoms with van der Waals surface area (Å²) in [7, 11) is 0. The molecule has 1 aliphatic carbocycles. The maximum atomic E-state index is 12.4. The van der Waals surface area contributed by atoms with E-state index < -0.39 is 0 Å². The first-order valence-electron chi connectivity index (χ1n) is 8.86. The first kappa shape index (κ1) is 15.8. The Kier molecular flexibility index (Phi) is 4.21. The van der Waals surface area contributed by atoms with Crippen molar-refractivity contribution in [2.24, 2.45) is 0 Å². The minimum absolute atomic E-state index is 0.157. The van der Waals surface area contributed by atoms with Crippen molar-refractivity contribution in [2.45, 2.75) is 51.7 Å². The van der Waals surface area contributed by atoms with Crippen molar-refractivity contribution in [1.29, 1.82) is 0 Å². The molecule has 1 saturated carbocycles. The van der Waals surface area contributed by atoms with Crippen LogP contribution >= 0.6 is 0 Å². The molecule has 1 aliphatic rings. The van der Waals surface area contributed by atoms with Crippen LogP contribution in [0.4, 0.5) is 0 Å². The highest BCUT2D eigenvalue weighted by atomic mass is 16.1. The van der Waals surface area contributed by atoms with Gasteiger partial charge in [0.2, 0.25) is 0 Å². The molecule has 3 aromatic heterocycles. The van der Waals surface area contributed by atoms with E-state index in [1.807, 2.05) is 23.2 Å². The third-order valence-corrected chi connectivity index (χ3v) is 4.88. The summed E-state index contributed by atoms with van der Waals surface area (Å²) in [6.45, 7) is 3.32. The molecule has 0 aromatic carbocycles. The van der Waals surface area contributed by atoms with Crippen molar-refractivity contribution in [3.8, 4) is 0 Å². The fraction of sp³-hybridized carbons (Fsp3) is 0.444.